The number of rotatable bonds is 5. The second-order valence-corrected chi connectivity index (χ2v) is 6.22. The fourth-order valence-corrected chi connectivity index (χ4v) is 3.11. The van der Waals surface area contributed by atoms with E-state index in [1.807, 2.05) is 30.3 Å². The summed E-state index contributed by atoms with van der Waals surface area (Å²) >= 11 is 0. The molecular weight excluding hydrogens is 356 g/mol. The Bertz CT molecular complexity index is 1150. The van der Waals surface area contributed by atoms with Gasteiger partial charge in [0.25, 0.3) is 5.69 Å². The van der Waals surface area contributed by atoms with E-state index in [0.29, 0.717) is 22.5 Å². The van der Waals surface area contributed by atoms with Crippen molar-refractivity contribution in [1.82, 2.24) is 9.97 Å². The number of hydrogen-bond donors (Lipinski definition) is 2. The standard InChI is InChI=1S/C21H16N4O3/c26-21-17(10-9-14-5-4-12-23-19(14)21)20(18-8-1-2-11-22-18)24-15-6-3-7-16(13-15)25(27)28/h1-13,20,24,26H/t20-/m1/s1. The summed E-state index contributed by atoms with van der Waals surface area (Å²) in [6.45, 7) is 0. The third kappa shape index (κ3) is 3.33. The fourth-order valence-electron chi connectivity index (χ4n) is 3.11. The van der Waals surface area contributed by atoms with Gasteiger partial charge in [0.05, 0.1) is 16.7 Å². The number of hydrogen-bond acceptors (Lipinski definition) is 6. The maximum Gasteiger partial charge on any atom is 0.271 e. The van der Waals surface area contributed by atoms with Gasteiger partial charge in [0, 0.05) is 41.2 Å². The van der Waals surface area contributed by atoms with Gasteiger partial charge in [-0.2, -0.15) is 0 Å². The highest BCUT2D eigenvalue weighted by atomic mass is 16.6. The number of non-ortho nitro benzene ring substituents is 1. The normalized spacial score (nSPS) is 11.9. The summed E-state index contributed by atoms with van der Waals surface area (Å²) in [5, 5.41) is 26.0. The number of fused-ring (bicyclic) bond motifs is 1. The summed E-state index contributed by atoms with van der Waals surface area (Å²) < 4.78 is 0. The molecule has 2 aromatic carbocycles. The van der Waals surface area contributed by atoms with Crippen LogP contribution in [0.4, 0.5) is 11.4 Å². The average Bonchev–Trinajstić information content (AvgIpc) is 2.74. The van der Waals surface area contributed by atoms with Gasteiger partial charge in [-0.15, -0.1) is 0 Å². The monoisotopic (exact) mass is 372 g/mol. The van der Waals surface area contributed by atoms with Gasteiger partial charge < -0.3 is 10.4 Å². The molecule has 0 amide bonds. The number of phenolic OH excluding ortho intramolecular Hbond substituents is 1. The predicted molar refractivity (Wildman–Crippen MR) is 106 cm³/mol. The molecule has 0 saturated heterocycles. The number of nitrogens with one attached hydrogen (secondary N) is 1. The largest absolute Gasteiger partial charge is 0.505 e. The second kappa shape index (κ2) is 7.32. The molecule has 2 N–H and O–H groups in total. The number of anilines is 1. The first-order valence-corrected chi connectivity index (χ1v) is 8.62. The maximum absolute atomic E-state index is 11.1. The van der Waals surface area contributed by atoms with Gasteiger partial charge >= 0.3 is 0 Å². The summed E-state index contributed by atoms with van der Waals surface area (Å²) in [7, 11) is 0. The van der Waals surface area contributed by atoms with Crippen molar-refractivity contribution in [2.45, 2.75) is 6.04 Å². The van der Waals surface area contributed by atoms with E-state index in [4.69, 9.17) is 0 Å². The minimum absolute atomic E-state index is 0.0193. The molecule has 0 spiro atoms. The zero-order valence-electron chi connectivity index (χ0n) is 14.7. The summed E-state index contributed by atoms with van der Waals surface area (Å²) in [6, 6.07) is 18.5. The Morgan fingerprint density at radius 3 is 2.61 bits per heavy atom. The molecule has 138 valence electrons. The highest BCUT2D eigenvalue weighted by molar-refractivity contribution is 5.86. The van der Waals surface area contributed by atoms with Crippen LogP contribution in [0, 0.1) is 10.1 Å². The molecule has 0 fully saturated rings. The molecule has 0 aliphatic carbocycles. The molecule has 2 heterocycles. The predicted octanol–water partition coefficient (Wildman–Crippen LogP) is 4.45. The molecule has 0 aliphatic rings. The molecule has 7 nitrogen and oxygen atoms in total. The number of nitro benzene ring substituents is 1. The van der Waals surface area contributed by atoms with Crippen molar-refractivity contribution in [3.63, 3.8) is 0 Å². The average molecular weight is 372 g/mol. The SMILES string of the molecule is O=[N+]([O-])c1cccc(N[C@@H](c2ccccn2)c2ccc3cccnc3c2O)c1. The first kappa shape index (κ1) is 17.4. The minimum atomic E-state index is -0.519. The first-order valence-electron chi connectivity index (χ1n) is 8.62. The lowest BCUT2D eigenvalue weighted by Gasteiger charge is -2.21. The van der Waals surface area contributed by atoms with Crippen LogP contribution in [0.5, 0.6) is 5.75 Å². The lowest BCUT2D eigenvalue weighted by Crippen LogP contribution is -2.14. The quantitative estimate of drug-likeness (QED) is 0.397. The third-order valence-electron chi connectivity index (χ3n) is 4.44. The smallest absolute Gasteiger partial charge is 0.271 e. The van der Waals surface area contributed by atoms with Crippen molar-refractivity contribution < 1.29 is 10.0 Å². The topological polar surface area (TPSA) is 101 Å². The van der Waals surface area contributed by atoms with E-state index in [2.05, 4.69) is 15.3 Å². The van der Waals surface area contributed by atoms with E-state index in [1.165, 1.54) is 12.1 Å². The molecule has 2 aromatic heterocycles. The van der Waals surface area contributed by atoms with Crippen LogP contribution in [0.3, 0.4) is 0 Å². The first-order chi connectivity index (χ1) is 13.6. The molecule has 1 atom stereocenters. The summed E-state index contributed by atoms with van der Waals surface area (Å²) in [6.07, 6.45) is 3.28. The van der Waals surface area contributed by atoms with Gasteiger partial charge in [0.1, 0.15) is 11.3 Å². The van der Waals surface area contributed by atoms with Crippen LogP contribution in [-0.2, 0) is 0 Å². The van der Waals surface area contributed by atoms with Gasteiger partial charge in [-0.3, -0.25) is 20.1 Å². The Labute approximate surface area is 160 Å². The van der Waals surface area contributed by atoms with E-state index in [9.17, 15) is 15.2 Å². The van der Waals surface area contributed by atoms with Crippen molar-refractivity contribution >= 4 is 22.3 Å². The Balaban J connectivity index is 1.82. The van der Waals surface area contributed by atoms with Gasteiger partial charge in [-0.25, -0.2) is 0 Å². The Morgan fingerprint density at radius 1 is 0.964 bits per heavy atom. The number of nitro groups is 1. The van der Waals surface area contributed by atoms with Crippen LogP contribution < -0.4 is 5.32 Å². The molecule has 4 aromatic rings. The number of aromatic hydroxyl groups is 1. The van der Waals surface area contributed by atoms with E-state index >= 15 is 0 Å². The van der Waals surface area contributed by atoms with Crippen LogP contribution in [0.1, 0.15) is 17.3 Å². The van der Waals surface area contributed by atoms with Gasteiger partial charge in [0.15, 0.2) is 0 Å². The molecule has 7 heteroatoms. The van der Waals surface area contributed by atoms with E-state index < -0.39 is 11.0 Å². The van der Waals surface area contributed by atoms with Gasteiger partial charge in [0.2, 0.25) is 0 Å². The Kier molecular flexibility index (Phi) is 4.55. The maximum atomic E-state index is 11.1. The molecule has 0 unspecified atom stereocenters. The van der Waals surface area contributed by atoms with Crippen LogP contribution in [0.2, 0.25) is 0 Å². The fraction of sp³-hybridized carbons (Fsp3) is 0.0476. The Hall–Kier alpha value is -4.00. The zero-order valence-corrected chi connectivity index (χ0v) is 14.7. The molecule has 0 bridgehead atoms. The highest BCUT2D eigenvalue weighted by Gasteiger charge is 2.21. The summed E-state index contributed by atoms with van der Waals surface area (Å²) in [4.78, 5) is 19.3. The molecule has 28 heavy (non-hydrogen) atoms. The molecule has 0 saturated carbocycles. The second-order valence-electron chi connectivity index (χ2n) is 6.22. The molecule has 4 rings (SSSR count). The lowest BCUT2D eigenvalue weighted by molar-refractivity contribution is -0.384. The van der Waals surface area contributed by atoms with Gasteiger partial charge in [-0.1, -0.05) is 30.3 Å². The number of nitrogens with zero attached hydrogens (tertiary/aromatic N) is 3. The number of aromatic nitrogens is 2. The van der Waals surface area contributed by atoms with Crippen molar-refractivity contribution in [2.24, 2.45) is 0 Å². The van der Waals surface area contributed by atoms with Crippen molar-refractivity contribution in [1.29, 1.82) is 0 Å². The van der Waals surface area contributed by atoms with Crippen molar-refractivity contribution in [3.8, 4) is 5.75 Å². The van der Waals surface area contributed by atoms with Crippen molar-refractivity contribution in [3.05, 3.63) is 100 Å². The minimum Gasteiger partial charge on any atom is -0.505 e. The van der Waals surface area contributed by atoms with Crippen LogP contribution in [0.15, 0.2) is 79.1 Å². The Morgan fingerprint density at radius 2 is 1.82 bits per heavy atom. The molecular formula is C21H16N4O3. The van der Waals surface area contributed by atoms with Crippen LogP contribution in [-0.4, -0.2) is 20.0 Å². The van der Waals surface area contributed by atoms with E-state index in [1.54, 1.807) is 36.7 Å². The van der Waals surface area contributed by atoms with Crippen LogP contribution in [0.25, 0.3) is 10.9 Å². The number of pyridine rings is 2. The number of phenols is 1. The summed E-state index contributed by atoms with van der Waals surface area (Å²) in [5.41, 5.74) is 2.26. The zero-order chi connectivity index (χ0) is 19.5. The van der Waals surface area contributed by atoms with Crippen molar-refractivity contribution in [2.75, 3.05) is 5.32 Å². The lowest BCUT2D eigenvalue weighted by atomic mass is 9.99. The van der Waals surface area contributed by atoms with E-state index in [0.717, 1.165) is 5.39 Å². The third-order valence-corrected chi connectivity index (χ3v) is 4.44. The summed E-state index contributed by atoms with van der Waals surface area (Å²) in [5.74, 6) is 0.0479. The van der Waals surface area contributed by atoms with Crippen LogP contribution >= 0.6 is 0 Å². The van der Waals surface area contributed by atoms with E-state index in [-0.39, 0.29) is 11.4 Å². The number of benzene rings is 2. The molecule has 0 aliphatic heterocycles. The highest BCUT2D eigenvalue weighted by Crippen LogP contribution is 2.36. The molecule has 0 radical (unpaired) electrons. The van der Waals surface area contributed by atoms with Gasteiger partial charge in [-0.05, 0) is 24.3 Å².